The van der Waals surface area contributed by atoms with Gasteiger partial charge in [0, 0.05) is 43.6 Å². The number of aromatic nitrogens is 3. The van der Waals surface area contributed by atoms with Crippen molar-refractivity contribution in [3.05, 3.63) is 71.4 Å². The molecule has 12 heteroatoms. The predicted octanol–water partition coefficient (Wildman–Crippen LogP) is 5.72. The number of pyridine rings is 1. The molecule has 2 aromatic heterocycles. The van der Waals surface area contributed by atoms with Crippen molar-refractivity contribution in [2.75, 3.05) is 18.0 Å². The highest BCUT2D eigenvalue weighted by atomic mass is 19.4. The minimum atomic E-state index is -4.44. The van der Waals surface area contributed by atoms with Crippen LogP contribution >= 0.6 is 0 Å². The summed E-state index contributed by atoms with van der Waals surface area (Å²) in [5, 5.41) is 18.9. The van der Waals surface area contributed by atoms with E-state index in [1.807, 2.05) is 12.1 Å². The Kier molecular flexibility index (Phi) is 6.35. The zero-order valence-electron chi connectivity index (χ0n) is 21.6. The molecule has 2 aliphatic heterocycles. The Bertz CT molecular complexity index is 1640. The van der Waals surface area contributed by atoms with Crippen LogP contribution in [0.1, 0.15) is 53.1 Å². The Hall–Kier alpha value is -4.61. The van der Waals surface area contributed by atoms with Crippen molar-refractivity contribution < 1.29 is 37.7 Å². The van der Waals surface area contributed by atoms with Crippen LogP contribution in [-0.4, -0.2) is 55.8 Å². The molecule has 1 unspecified atom stereocenters. The number of halogens is 3. The van der Waals surface area contributed by atoms with E-state index in [2.05, 4.69) is 19.9 Å². The monoisotopic (exact) mass is 566 g/mol. The van der Waals surface area contributed by atoms with Crippen molar-refractivity contribution >= 4 is 28.8 Å². The molecule has 6 rings (SSSR count). The van der Waals surface area contributed by atoms with Crippen LogP contribution in [0.2, 0.25) is 0 Å². The van der Waals surface area contributed by atoms with Crippen molar-refractivity contribution in [1.82, 2.24) is 15.0 Å². The van der Waals surface area contributed by atoms with Gasteiger partial charge in [-0.15, -0.1) is 0 Å². The molecule has 0 bridgehead atoms. The van der Waals surface area contributed by atoms with E-state index in [0.717, 1.165) is 18.0 Å². The van der Waals surface area contributed by atoms with Gasteiger partial charge >= 0.3 is 18.1 Å². The van der Waals surface area contributed by atoms with Crippen molar-refractivity contribution in [3.8, 4) is 17.1 Å². The smallest absolute Gasteiger partial charge is 0.416 e. The summed E-state index contributed by atoms with van der Waals surface area (Å²) in [5.41, 5.74) is 0.729. The molecule has 2 aliphatic rings. The number of fused-ring (bicyclic) bond motifs is 2. The first kappa shape index (κ1) is 26.6. The van der Waals surface area contributed by atoms with Crippen LogP contribution < -0.4 is 9.64 Å². The van der Waals surface area contributed by atoms with E-state index in [1.165, 1.54) is 18.2 Å². The van der Waals surface area contributed by atoms with Crippen molar-refractivity contribution in [2.24, 2.45) is 0 Å². The number of piperidine rings is 1. The molecule has 1 spiro atoms. The predicted molar refractivity (Wildman–Crippen MR) is 142 cm³/mol. The minimum Gasteiger partial charge on any atom is -0.487 e. The molecule has 4 heterocycles. The summed E-state index contributed by atoms with van der Waals surface area (Å²) in [4.78, 5) is 37.1. The van der Waals surface area contributed by atoms with Gasteiger partial charge in [0.15, 0.2) is 0 Å². The van der Waals surface area contributed by atoms with Gasteiger partial charge in [-0.3, -0.25) is 4.79 Å². The molecule has 0 radical (unpaired) electrons. The Balaban J connectivity index is 1.17. The number of imidazole rings is 1. The number of hydrogen-bond acceptors (Lipinski definition) is 6. The maximum Gasteiger partial charge on any atom is 0.416 e. The number of benzene rings is 2. The minimum absolute atomic E-state index is 0.0942. The third kappa shape index (κ3) is 5.17. The number of H-pyrrole nitrogens is 1. The van der Waals surface area contributed by atoms with E-state index in [0.29, 0.717) is 60.6 Å². The highest BCUT2D eigenvalue weighted by Crippen LogP contribution is 2.47. The number of aromatic amines is 1. The number of aliphatic carboxylic acids is 1. The Morgan fingerprint density at radius 3 is 2.51 bits per heavy atom. The second-order valence-electron chi connectivity index (χ2n) is 10.5. The number of hydrogen-bond donors (Lipinski definition) is 3. The molecule has 9 nitrogen and oxygen atoms in total. The van der Waals surface area contributed by atoms with E-state index >= 15 is 0 Å². The van der Waals surface area contributed by atoms with Crippen LogP contribution in [0, 0.1) is 0 Å². The number of aromatic carboxylic acids is 1. The summed E-state index contributed by atoms with van der Waals surface area (Å²) in [5.74, 6) is -0.730. The number of carboxylic acid groups (broad SMARTS) is 2. The maximum atomic E-state index is 13.1. The van der Waals surface area contributed by atoms with Crippen LogP contribution in [0.3, 0.4) is 0 Å². The summed E-state index contributed by atoms with van der Waals surface area (Å²) < 4.78 is 45.6. The molecule has 212 valence electrons. The van der Waals surface area contributed by atoms with Crippen molar-refractivity contribution in [2.45, 2.75) is 43.4 Å². The number of alkyl halides is 3. The normalized spacial score (nSPS) is 18.2. The average molecular weight is 567 g/mol. The van der Waals surface area contributed by atoms with E-state index < -0.39 is 29.3 Å². The van der Waals surface area contributed by atoms with E-state index in [4.69, 9.17) is 4.74 Å². The highest BCUT2D eigenvalue weighted by molar-refractivity contribution is 5.88. The van der Waals surface area contributed by atoms with Crippen LogP contribution in [0.4, 0.5) is 19.0 Å². The Morgan fingerprint density at radius 2 is 1.85 bits per heavy atom. The van der Waals surface area contributed by atoms with Gasteiger partial charge in [0.05, 0.1) is 28.6 Å². The van der Waals surface area contributed by atoms with Gasteiger partial charge in [-0.25, -0.2) is 14.8 Å². The second-order valence-corrected chi connectivity index (χ2v) is 10.5. The summed E-state index contributed by atoms with van der Waals surface area (Å²) >= 11 is 0. The molecular formula is C29H25F3N4O5. The van der Waals surface area contributed by atoms with Crippen molar-refractivity contribution in [1.29, 1.82) is 0 Å². The Morgan fingerprint density at radius 1 is 1.07 bits per heavy atom. The number of carbonyl (C=O) groups is 2. The third-order valence-electron chi connectivity index (χ3n) is 7.89. The summed E-state index contributed by atoms with van der Waals surface area (Å²) in [6, 6.07) is 11.6. The number of rotatable bonds is 5. The number of nitrogens with one attached hydrogen (secondary N) is 1. The number of nitrogens with zero attached hydrogens (tertiary/aromatic N) is 3. The molecule has 1 saturated heterocycles. The van der Waals surface area contributed by atoms with Gasteiger partial charge in [0.1, 0.15) is 23.0 Å². The van der Waals surface area contributed by atoms with Gasteiger partial charge in [-0.2, -0.15) is 13.2 Å². The fourth-order valence-corrected chi connectivity index (χ4v) is 5.81. The highest BCUT2D eigenvalue weighted by Gasteiger charge is 2.44. The average Bonchev–Trinajstić information content (AvgIpc) is 3.36. The van der Waals surface area contributed by atoms with Gasteiger partial charge in [-0.1, -0.05) is 0 Å². The zero-order chi connectivity index (χ0) is 28.9. The molecule has 0 amide bonds. The first-order chi connectivity index (χ1) is 19.5. The lowest BCUT2D eigenvalue weighted by Crippen LogP contribution is -2.51. The molecule has 4 aromatic rings. The fraction of sp³-hybridized carbons (Fsp3) is 0.310. The molecule has 1 fully saturated rings. The van der Waals surface area contributed by atoms with E-state index in [1.54, 1.807) is 12.3 Å². The standard InChI is InChI=1S/C29H25F3N4O5/c30-29(31,32)19-3-4-21-22(13-19)35-26(34-21)17-2-6-24(33-15-17)36-9-7-28(8-10-36)14-18(12-25(37)38)20-11-16(27(39)40)1-5-23(20)41-28/h1-6,11,13,15,18H,7-10,12,14H2,(H,34,35)(H,37,38)(H,39,40). The fourth-order valence-electron chi connectivity index (χ4n) is 5.81. The quantitative estimate of drug-likeness (QED) is 0.280. The summed E-state index contributed by atoms with van der Waals surface area (Å²) in [7, 11) is 0. The number of carboxylic acids is 2. The number of ether oxygens (including phenoxy) is 1. The van der Waals surface area contributed by atoms with Crippen molar-refractivity contribution in [3.63, 3.8) is 0 Å². The van der Waals surface area contributed by atoms with Gasteiger partial charge in [-0.05, 0) is 60.5 Å². The molecular weight excluding hydrogens is 541 g/mol. The molecule has 2 aromatic carbocycles. The van der Waals surface area contributed by atoms with Gasteiger partial charge in [0.25, 0.3) is 0 Å². The first-order valence-corrected chi connectivity index (χ1v) is 13.1. The lowest BCUT2D eigenvalue weighted by atomic mass is 9.76. The lowest BCUT2D eigenvalue weighted by molar-refractivity contribution is -0.138. The second kappa shape index (κ2) is 9.79. The third-order valence-corrected chi connectivity index (χ3v) is 7.89. The van der Waals surface area contributed by atoms with Crippen LogP contribution in [0.25, 0.3) is 22.4 Å². The van der Waals surface area contributed by atoms with Crippen LogP contribution in [0.5, 0.6) is 5.75 Å². The molecule has 3 N–H and O–H groups in total. The van der Waals surface area contributed by atoms with Crippen LogP contribution in [0.15, 0.2) is 54.7 Å². The van der Waals surface area contributed by atoms with E-state index in [9.17, 15) is 33.0 Å². The van der Waals surface area contributed by atoms with Gasteiger partial charge < -0.3 is 24.8 Å². The number of anilines is 1. The van der Waals surface area contributed by atoms with E-state index in [-0.39, 0.29) is 23.4 Å². The Labute approximate surface area is 231 Å². The molecule has 1 atom stereocenters. The van der Waals surface area contributed by atoms with Crippen LogP contribution in [-0.2, 0) is 11.0 Å². The lowest BCUT2D eigenvalue weighted by Gasteiger charge is -2.47. The molecule has 0 saturated carbocycles. The topological polar surface area (TPSA) is 129 Å². The summed E-state index contributed by atoms with van der Waals surface area (Å²) in [6.07, 6.45) is -1.22. The zero-order valence-corrected chi connectivity index (χ0v) is 21.6. The first-order valence-electron chi connectivity index (χ1n) is 13.1. The maximum absolute atomic E-state index is 13.1. The summed E-state index contributed by atoms with van der Waals surface area (Å²) in [6.45, 7) is 1.22. The SMILES string of the molecule is O=C(O)CC1CC2(CCN(c3ccc(-c4nc5ccc(C(F)(F)F)cc5[nH]4)cn3)CC2)Oc2ccc(C(=O)O)cc21. The molecule has 0 aliphatic carbocycles. The van der Waals surface area contributed by atoms with Gasteiger partial charge in [0.2, 0.25) is 0 Å². The molecule has 41 heavy (non-hydrogen) atoms. The largest absolute Gasteiger partial charge is 0.487 e.